The molecule has 134 valence electrons. The Morgan fingerprint density at radius 1 is 1.50 bits per heavy atom. The Balaban J connectivity index is 0.00000288. The van der Waals surface area contributed by atoms with E-state index in [1.807, 2.05) is 6.92 Å². The maximum atomic E-state index is 13.7. The first kappa shape index (κ1) is 21.0. The zero-order chi connectivity index (χ0) is 16.7. The predicted molar refractivity (Wildman–Crippen MR) is 106 cm³/mol. The Kier molecular flexibility index (Phi) is 9.35. The Labute approximate surface area is 163 Å². The van der Waals surface area contributed by atoms with E-state index in [0.717, 1.165) is 13.0 Å². The molecule has 1 aliphatic rings. The van der Waals surface area contributed by atoms with Gasteiger partial charge in [0.25, 0.3) is 0 Å². The first-order valence-electron chi connectivity index (χ1n) is 7.84. The normalized spacial score (nSPS) is 17.7. The van der Waals surface area contributed by atoms with Crippen LogP contribution in [-0.4, -0.2) is 37.5 Å². The topological polar surface area (TPSA) is 65.5 Å². The highest BCUT2D eigenvalue weighted by Gasteiger charge is 2.18. The number of nitrogens with one attached hydrogen (secondary N) is 3. The van der Waals surface area contributed by atoms with Crippen LogP contribution in [0.15, 0.2) is 23.2 Å². The Morgan fingerprint density at radius 3 is 2.92 bits per heavy atom. The Bertz CT molecular complexity index is 555. The predicted octanol–water partition coefficient (Wildman–Crippen LogP) is 2.47. The fourth-order valence-corrected chi connectivity index (χ4v) is 2.68. The van der Waals surface area contributed by atoms with E-state index in [1.54, 1.807) is 12.1 Å². The number of halogens is 3. The quantitative estimate of drug-likeness (QED) is 0.353. The van der Waals surface area contributed by atoms with Crippen LogP contribution >= 0.6 is 35.6 Å². The number of guanidine groups is 1. The van der Waals surface area contributed by atoms with Gasteiger partial charge in [-0.25, -0.2) is 4.39 Å². The second kappa shape index (κ2) is 10.7. The van der Waals surface area contributed by atoms with E-state index in [-0.39, 0.29) is 41.7 Å². The van der Waals surface area contributed by atoms with Crippen molar-refractivity contribution in [3.05, 3.63) is 34.6 Å². The van der Waals surface area contributed by atoms with Gasteiger partial charge < -0.3 is 16.0 Å². The molecule has 0 aromatic heterocycles. The van der Waals surface area contributed by atoms with Crippen molar-refractivity contribution < 1.29 is 9.18 Å². The van der Waals surface area contributed by atoms with Crippen molar-refractivity contribution in [2.24, 2.45) is 4.99 Å². The summed E-state index contributed by atoms with van der Waals surface area (Å²) in [4.78, 5) is 15.6. The average molecular weight is 469 g/mol. The van der Waals surface area contributed by atoms with Crippen molar-refractivity contribution in [1.82, 2.24) is 16.0 Å². The molecular weight excluding hydrogens is 446 g/mol. The number of nitrogens with zero attached hydrogens (tertiary/aromatic N) is 1. The average Bonchev–Trinajstić information content (AvgIpc) is 2.52. The summed E-state index contributed by atoms with van der Waals surface area (Å²) in [6.07, 6.45) is 1.72. The third-order valence-electron chi connectivity index (χ3n) is 3.64. The van der Waals surface area contributed by atoms with E-state index >= 15 is 0 Å². The van der Waals surface area contributed by atoms with Crippen LogP contribution in [0.5, 0.6) is 0 Å². The van der Waals surface area contributed by atoms with E-state index in [0.29, 0.717) is 42.5 Å². The van der Waals surface area contributed by atoms with Gasteiger partial charge in [0.05, 0.1) is 0 Å². The minimum absolute atomic E-state index is 0. The van der Waals surface area contributed by atoms with Crippen molar-refractivity contribution in [2.45, 2.75) is 32.2 Å². The van der Waals surface area contributed by atoms with Gasteiger partial charge in [0.2, 0.25) is 5.91 Å². The molecule has 1 heterocycles. The molecule has 0 aliphatic carbocycles. The number of hydrogen-bond acceptors (Lipinski definition) is 2. The summed E-state index contributed by atoms with van der Waals surface area (Å²) in [5.74, 6) is 0.445. The molecule has 1 amide bonds. The van der Waals surface area contributed by atoms with Crippen molar-refractivity contribution in [3.63, 3.8) is 0 Å². The van der Waals surface area contributed by atoms with Crippen LogP contribution in [0.1, 0.15) is 25.3 Å². The molecule has 5 nitrogen and oxygen atoms in total. The van der Waals surface area contributed by atoms with Crippen LogP contribution in [0.3, 0.4) is 0 Å². The molecule has 0 radical (unpaired) electrons. The van der Waals surface area contributed by atoms with Crippen molar-refractivity contribution in [1.29, 1.82) is 0 Å². The SMILES string of the molecule is CCNC(=NCCc1c(F)cccc1Cl)NC1CCC(=O)NC1.I. The third-order valence-corrected chi connectivity index (χ3v) is 4.00. The number of carbonyl (C=O) groups excluding carboxylic acids is 1. The monoisotopic (exact) mass is 468 g/mol. The van der Waals surface area contributed by atoms with Crippen LogP contribution in [0.4, 0.5) is 4.39 Å². The molecule has 1 saturated heterocycles. The largest absolute Gasteiger partial charge is 0.357 e. The maximum absolute atomic E-state index is 13.7. The van der Waals surface area contributed by atoms with Gasteiger partial charge in [-0.1, -0.05) is 17.7 Å². The van der Waals surface area contributed by atoms with Crippen LogP contribution < -0.4 is 16.0 Å². The number of piperidine rings is 1. The van der Waals surface area contributed by atoms with Crippen LogP contribution in [-0.2, 0) is 11.2 Å². The molecule has 24 heavy (non-hydrogen) atoms. The summed E-state index contributed by atoms with van der Waals surface area (Å²) in [5, 5.41) is 9.70. The Hall–Kier alpha value is -1.09. The molecule has 8 heteroatoms. The summed E-state index contributed by atoms with van der Waals surface area (Å²) in [7, 11) is 0. The Morgan fingerprint density at radius 2 is 2.29 bits per heavy atom. The number of aliphatic imine (C=N–C) groups is 1. The number of benzene rings is 1. The summed E-state index contributed by atoms with van der Waals surface area (Å²) < 4.78 is 13.7. The van der Waals surface area contributed by atoms with E-state index in [9.17, 15) is 9.18 Å². The van der Waals surface area contributed by atoms with Gasteiger partial charge in [-0.2, -0.15) is 0 Å². The lowest BCUT2D eigenvalue weighted by Crippen LogP contribution is -2.51. The van der Waals surface area contributed by atoms with Gasteiger partial charge in [0.15, 0.2) is 5.96 Å². The first-order chi connectivity index (χ1) is 11.1. The van der Waals surface area contributed by atoms with Gasteiger partial charge in [-0.05, 0) is 31.9 Å². The van der Waals surface area contributed by atoms with Gasteiger partial charge in [0, 0.05) is 42.7 Å². The molecule has 1 atom stereocenters. The molecule has 1 aromatic carbocycles. The molecule has 0 spiro atoms. The summed E-state index contributed by atoms with van der Waals surface area (Å²) in [6, 6.07) is 4.83. The second-order valence-electron chi connectivity index (χ2n) is 5.39. The summed E-state index contributed by atoms with van der Waals surface area (Å²) in [5.41, 5.74) is 0.485. The van der Waals surface area contributed by atoms with E-state index < -0.39 is 0 Å². The summed E-state index contributed by atoms with van der Waals surface area (Å²) in [6.45, 7) is 3.72. The highest BCUT2D eigenvalue weighted by atomic mass is 127. The highest BCUT2D eigenvalue weighted by Crippen LogP contribution is 2.19. The van der Waals surface area contributed by atoms with Gasteiger partial charge in [-0.3, -0.25) is 9.79 Å². The zero-order valence-electron chi connectivity index (χ0n) is 13.6. The number of rotatable bonds is 5. The smallest absolute Gasteiger partial charge is 0.220 e. The van der Waals surface area contributed by atoms with Crippen LogP contribution in [0, 0.1) is 5.82 Å². The van der Waals surface area contributed by atoms with Crippen molar-refractivity contribution in [3.8, 4) is 0 Å². The molecule has 1 aliphatic heterocycles. The lowest BCUT2D eigenvalue weighted by Gasteiger charge is -2.25. The van der Waals surface area contributed by atoms with Crippen LogP contribution in [0.2, 0.25) is 5.02 Å². The molecule has 3 N–H and O–H groups in total. The van der Waals surface area contributed by atoms with Crippen molar-refractivity contribution >= 4 is 47.4 Å². The third kappa shape index (κ3) is 6.43. The highest BCUT2D eigenvalue weighted by molar-refractivity contribution is 14.0. The molecule has 2 rings (SSSR count). The minimum atomic E-state index is -0.305. The van der Waals surface area contributed by atoms with Crippen LogP contribution in [0.25, 0.3) is 0 Å². The van der Waals surface area contributed by atoms with Crippen molar-refractivity contribution in [2.75, 3.05) is 19.6 Å². The van der Waals surface area contributed by atoms with E-state index in [2.05, 4.69) is 20.9 Å². The second-order valence-corrected chi connectivity index (χ2v) is 5.80. The molecule has 1 unspecified atom stereocenters. The minimum Gasteiger partial charge on any atom is -0.357 e. The molecule has 1 fully saturated rings. The van der Waals surface area contributed by atoms with E-state index in [1.165, 1.54) is 6.07 Å². The lowest BCUT2D eigenvalue weighted by molar-refractivity contribution is -0.122. The first-order valence-corrected chi connectivity index (χ1v) is 8.22. The molecular formula is C16H23ClFIN4O. The molecule has 0 bridgehead atoms. The number of amides is 1. The lowest BCUT2D eigenvalue weighted by atomic mass is 10.1. The fraction of sp³-hybridized carbons (Fsp3) is 0.500. The fourth-order valence-electron chi connectivity index (χ4n) is 2.42. The van der Waals surface area contributed by atoms with Gasteiger partial charge in [-0.15, -0.1) is 24.0 Å². The van der Waals surface area contributed by atoms with E-state index in [4.69, 9.17) is 11.6 Å². The van der Waals surface area contributed by atoms with Gasteiger partial charge >= 0.3 is 0 Å². The number of carbonyl (C=O) groups is 1. The molecule has 0 saturated carbocycles. The standard InChI is InChI=1S/C16H22ClFN4O.HI/c1-2-19-16(22-11-6-7-15(23)21-10-11)20-9-8-12-13(17)4-3-5-14(12)18;/h3-5,11H,2,6-10H2,1H3,(H,21,23)(H2,19,20,22);1H. The summed E-state index contributed by atoms with van der Waals surface area (Å²) >= 11 is 6.02. The maximum Gasteiger partial charge on any atom is 0.220 e. The molecule has 1 aromatic rings. The zero-order valence-corrected chi connectivity index (χ0v) is 16.7. The van der Waals surface area contributed by atoms with Gasteiger partial charge in [0.1, 0.15) is 5.82 Å². The number of hydrogen-bond donors (Lipinski definition) is 3.